The Bertz CT molecular complexity index is 1200. The van der Waals surface area contributed by atoms with Gasteiger partial charge in [-0.15, -0.1) is 0 Å². The van der Waals surface area contributed by atoms with Crippen LogP contribution in [0, 0.1) is 11.3 Å². The molecule has 1 aliphatic carbocycles. The number of nitrogens with two attached hydrogens (primary N) is 1. The Kier molecular flexibility index (Phi) is 6.36. The number of primary amides is 1. The molecule has 3 fully saturated rings. The van der Waals surface area contributed by atoms with E-state index < -0.39 is 23.9 Å². The van der Waals surface area contributed by atoms with Gasteiger partial charge in [-0.2, -0.15) is 0 Å². The maximum absolute atomic E-state index is 13.7. The summed E-state index contributed by atoms with van der Waals surface area (Å²) in [5, 5.41) is 6.32. The van der Waals surface area contributed by atoms with Crippen LogP contribution in [0.25, 0.3) is 10.9 Å². The van der Waals surface area contributed by atoms with Crippen LogP contribution in [0.15, 0.2) is 24.3 Å². The highest BCUT2D eigenvalue weighted by atomic mass is 16.5. The summed E-state index contributed by atoms with van der Waals surface area (Å²) in [7, 11) is 1.58. The first-order chi connectivity index (χ1) is 17.3. The molecule has 5 rings (SSSR count). The lowest BCUT2D eigenvalue weighted by atomic mass is 9.84. The van der Waals surface area contributed by atoms with Crippen LogP contribution in [0.5, 0.6) is 5.75 Å². The Balaban J connectivity index is 1.39. The second-order valence-electron chi connectivity index (χ2n) is 10.4. The van der Waals surface area contributed by atoms with Gasteiger partial charge in [-0.3, -0.25) is 19.2 Å². The van der Waals surface area contributed by atoms with Crippen molar-refractivity contribution in [3.63, 3.8) is 0 Å². The highest BCUT2D eigenvalue weighted by Crippen LogP contribution is 2.48. The fraction of sp³-hybridized carbons (Fsp3) is 0.538. The van der Waals surface area contributed by atoms with E-state index in [1.54, 1.807) is 18.1 Å². The van der Waals surface area contributed by atoms with E-state index in [9.17, 15) is 19.2 Å². The van der Waals surface area contributed by atoms with E-state index in [0.717, 1.165) is 36.6 Å². The van der Waals surface area contributed by atoms with Crippen molar-refractivity contribution in [2.45, 2.75) is 57.0 Å². The lowest BCUT2D eigenvalue weighted by Gasteiger charge is -2.26. The van der Waals surface area contributed by atoms with Gasteiger partial charge in [0.1, 0.15) is 23.5 Å². The molecule has 2 aliphatic heterocycles. The predicted octanol–water partition coefficient (Wildman–Crippen LogP) is 1.45. The maximum atomic E-state index is 13.7. The molecular weight excluding hydrogens is 462 g/mol. The van der Waals surface area contributed by atoms with Crippen LogP contribution in [-0.2, 0) is 14.4 Å². The van der Waals surface area contributed by atoms with Crippen LogP contribution < -0.4 is 21.1 Å². The van der Waals surface area contributed by atoms with E-state index in [4.69, 9.17) is 10.5 Å². The number of hydrogen-bond donors (Lipinski definition) is 4. The van der Waals surface area contributed by atoms with Crippen LogP contribution in [0.1, 0.15) is 55.4 Å². The molecule has 0 bridgehead atoms. The minimum absolute atomic E-state index is 0.102. The van der Waals surface area contributed by atoms with Gasteiger partial charge in [-0.05, 0) is 55.7 Å². The average molecular weight is 496 g/mol. The molecule has 2 aromatic rings. The lowest BCUT2D eigenvalue weighted by molar-refractivity contribution is -0.131. The minimum Gasteiger partial charge on any atom is -0.496 e. The number of nitrogens with one attached hydrogen (secondary N) is 3. The van der Waals surface area contributed by atoms with Crippen LogP contribution in [-0.4, -0.2) is 65.8 Å². The summed E-state index contributed by atoms with van der Waals surface area (Å²) in [6, 6.07) is 5.62. The number of carbonyl (C=O) groups excluding carboxylic acids is 4. The SMILES string of the molecule is COc1cccc2[nH]c(C(=O)N3CC4(CCCC4)CC3C(=O)NC(CC3CCNC3=O)C(N)=O)cc12. The van der Waals surface area contributed by atoms with Gasteiger partial charge >= 0.3 is 0 Å². The number of carbonyl (C=O) groups is 4. The van der Waals surface area contributed by atoms with E-state index in [1.807, 2.05) is 18.2 Å². The Morgan fingerprint density at radius 3 is 2.72 bits per heavy atom. The third-order valence-electron chi connectivity index (χ3n) is 8.15. The molecule has 5 N–H and O–H groups in total. The number of methoxy groups -OCH3 is 1. The minimum atomic E-state index is -0.972. The molecule has 3 unspecified atom stereocenters. The summed E-state index contributed by atoms with van der Waals surface area (Å²) in [6.45, 7) is 1.04. The summed E-state index contributed by atoms with van der Waals surface area (Å²) < 4.78 is 5.43. The average Bonchev–Trinajstić information content (AvgIpc) is 3.65. The molecule has 1 saturated carbocycles. The number of amides is 4. The topological polar surface area (TPSA) is 147 Å². The van der Waals surface area contributed by atoms with E-state index in [-0.39, 0.29) is 29.6 Å². The van der Waals surface area contributed by atoms with Gasteiger partial charge in [0.15, 0.2) is 0 Å². The number of aromatic amines is 1. The van der Waals surface area contributed by atoms with Gasteiger partial charge in [-0.25, -0.2) is 0 Å². The molecule has 3 aliphatic rings. The fourth-order valence-electron chi connectivity index (χ4n) is 6.24. The highest BCUT2D eigenvalue weighted by molar-refractivity contribution is 6.02. The van der Waals surface area contributed by atoms with Gasteiger partial charge in [0.2, 0.25) is 17.7 Å². The first-order valence-electron chi connectivity index (χ1n) is 12.6. The molecule has 36 heavy (non-hydrogen) atoms. The zero-order valence-corrected chi connectivity index (χ0v) is 20.5. The highest BCUT2D eigenvalue weighted by Gasteiger charge is 2.50. The molecule has 3 heterocycles. The van der Waals surface area contributed by atoms with E-state index >= 15 is 0 Å². The van der Waals surface area contributed by atoms with Crippen molar-refractivity contribution in [2.24, 2.45) is 17.1 Å². The number of hydrogen-bond acceptors (Lipinski definition) is 5. The normalized spacial score (nSPS) is 23.7. The molecule has 4 amide bonds. The molecule has 10 heteroatoms. The van der Waals surface area contributed by atoms with Gasteiger partial charge in [0.25, 0.3) is 5.91 Å². The second kappa shape index (κ2) is 9.48. The molecular formula is C26H33N5O5. The Hall–Kier alpha value is -3.56. The van der Waals surface area contributed by atoms with Crippen LogP contribution >= 0.6 is 0 Å². The van der Waals surface area contributed by atoms with Crippen molar-refractivity contribution in [2.75, 3.05) is 20.2 Å². The molecule has 192 valence electrons. The number of fused-ring (bicyclic) bond motifs is 1. The number of nitrogens with zero attached hydrogens (tertiary/aromatic N) is 1. The first kappa shape index (κ1) is 24.1. The number of ether oxygens (including phenoxy) is 1. The molecule has 10 nitrogen and oxygen atoms in total. The third-order valence-corrected chi connectivity index (χ3v) is 8.15. The summed E-state index contributed by atoms with van der Waals surface area (Å²) in [5.41, 5.74) is 6.65. The van der Waals surface area contributed by atoms with Crippen molar-refractivity contribution in [1.82, 2.24) is 20.5 Å². The lowest BCUT2D eigenvalue weighted by Crippen LogP contribution is -2.53. The van der Waals surface area contributed by atoms with Crippen molar-refractivity contribution in [3.8, 4) is 5.75 Å². The smallest absolute Gasteiger partial charge is 0.271 e. The standard InChI is InChI=1S/C26H33N5O5/c1-36-21-6-4-5-17-16(21)12-19(29-17)25(35)31-14-26(8-2-3-9-26)13-20(31)24(34)30-18(22(27)32)11-15-7-10-28-23(15)33/h4-6,12,15,18,20,29H,2-3,7-11,13-14H2,1H3,(H2,27,32)(H,28,33)(H,30,34). The van der Waals surface area contributed by atoms with Crippen molar-refractivity contribution in [1.29, 1.82) is 0 Å². The molecule has 0 radical (unpaired) electrons. The first-order valence-corrected chi connectivity index (χ1v) is 12.6. The Morgan fingerprint density at radius 2 is 2.06 bits per heavy atom. The molecule has 3 atom stereocenters. The zero-order chi connectivity index (χ0) is 25.4. The van der Waals surface area contributed by atoms with Crippen molar-refractivity contribution >= 4 is 34.5 Å². The van der Waals surface area contributed by atoms with Crippen LogP contribution in [0.3, 0.4) is 0 Å². The summed E-state index contributed by atoms with van der Waals surface area (Å²) >= 11 is 0. The monoisotopic (exact) mass is 495 g/mol. The molecule has 2 saturated heterocycles. The molecule has 1 spiro atoms. The van der Waals surface area contributed by atoms with Gasteiger partial charge in [0, 0.05) is 29.9 Å². The third kappa shape index (κ3) is 4.40. The molecule has 1 aromatic carbocycles. The van der Waals surface area contributed by atoms with Crippen LogP contribution in [0.2, 0.25) is 0 Å². The fourth-order valence-corrected chi connectivity index (χ4v) is 6.24. The summed E-state index contributed by atoms with van der Waals surface area (Å²) in [6.07, 6.45) is 5.36. The Morgan fingerprint density at radius 1 is 1.28 bits per heavy atom. The quantitative estimate of drug-likeness (QED) is 0.459. The molecule has 1 aromatic heterocycles. The number of rotatable bonds is 7. The number of likely N-dealkylation sites (tertiary alicyclic amines) is 1. The largest absolute Gasteiger partial charge is 0.496 e. The van der Waals surface area contributed by atoms with Crippen molar-refractivity contribution in [3.05, 3.63) is 30.0 Å². The van der Waals surface area contributed by atoms with Crippen molar-refractivity contribution < 1.29 is 23.9 Å². The number of H-pyrrole nitrogens is 1. The van der Waals surface area contributed by atoms with E-state index in [1.165, 1.54) is 0 Å². The second-order valence-corrected chi connectivity index (χ2v) is 10.4. The number of benzene rings is 1. The Labute approximate surface area is 209 Å². The summed E-state index contributed by atoms with van der Waals surface area (Å²) in [4.78, 5) is 56.3. The van der Waals surface area contributed by atoms with Gasteiger partial charge in [0.05, 0.1) is 7.11 Å². The van der Waals surface area contributed by atoms with Crippen LogP contribution in [0.4, 0.5) is 0 Å². The predicted molar refractivity (Wildman–Crippen MR) is 132 cm³/mol. The van der Waals surface area contributed by atoms with E-state index in [0.29, 0.717) is 37.4 Å². The number of aromatic nitrogens is 1. The maximum Gasteiger partial charge on any atom is 0.271 e. The summed E-state index contributed by atoms with van der Waals surface area (Å²) in [5.74, 6) is -1.19. The van der Waals surface area contributed by atoms with Gasteiger partial charge < -0.3 is 31.0 Å². The zero-order valence-electron chi connectivity index (χ0n) is 20.5. The van der Waals surface area contributed by atoms with Gasteiger partial charge in [-0.1, -0.05) is 18.9 Å². The van der Waals surface area contributed by atoms with E-state index in [2.05, 4.69) is 15.6 Å².